The van der Waals surface area contributed by atoms with Crippen molar-refractivity contribution < 1.29 is 9.90 Å². The molecular weight excluding hydrogens is 204 g/mol. The van der Waals surface area contributed by atoms with Crippen LogP contribution >= 0.6 is 0 Å². The van der Waals surface area contributed by atoms with Crippen LogP contribution in [0.3, 0.4) is 0 Å². The number of carboxylic acids is 1. The van der Waals surface area contributed by atoms with E-state index in [0.717, 1.165) is 11.3 Å². The third kappa shape index (κ3) is 2.11. The summed E-state index contributed by atoms with van der Waals surface area (Å²) in [7, 11) is 0. The van der Waals surface area contributed by atoms with Crippen molar-refractivity contribution in [1.82, 2.24) is 9.55 Å². The molecule has 0 saturated carbocycles. The van der Waals surface area contributed by atoms with E-state index < -0.39 is 5.97 Å². The topological polar surface area (TPSA) is 55.1 Å². The van der Waals surface area contributed by atoms with Crippen molar-refractivity contribution in [2.75, 3.05) is 0 Å². The smallest absolute Gasteiger partial charge is 0.337 e. The Balaban J connectivity index is 2.21. The quantitative estimate of drug-likeness (QED) is 0.853. The Morgan fingerprint density at radius 2 is 2.31 bits per heavy atom. The van der Waals surface area contributed by atoms with Crippen LogP contribution in [-0.2, 0) is 6.54 Å². The third-order valence-electron chi connectivity index (χ3n) is 2.45. The van der Waals surface area contributed by atoms with Gasteiger partial charge in [-0.3, -0.25) is 4.98 Å². The van der Waals surface area contributed by atoms with Gasteiger partial charge in [0.1, 0.15) is 0 Å². The Morgan fingerprint density at radius 1 is 1.50 bits per heavy atom. The van der Waals surface area contributed by atoms with Crippen molar-refractivity contribution in [3.8, 4) is 0 Å². The number of carbonyl (C=O) groups is 1. The summed E-state index contributed by atoms with van der Waals surface area (Å²) in [5.41, 5.74) is 2.36. The molecule has 0 unspecified atom stereocenters. The Hall–Kier alpha value is -2.10. The van der Waals surface area contributed by atoms with Crippen molar-refractivity contribution in [3.05, 3.63) is 53.6 Å². The number of aromatic carboxylic acids is 1. The SMILES string of the molecule is Cc1cccnc1Cn1ccc(C(=O)O)c1. The molecule has 2 aromatic heterocycles. The predicted octanol–water partition coefficient (Wildman–Crippen LogP) is 1.94. The van der Waals surface area contributed by atoms with Gasteiger partial charge in [-0.25, -0.2) is 4.79 Å². The summed E-state index contributed by atoms with van der Waals surface area (Å²) >= 11 is 0. The van der Waals surface area contributed by atoms with Crippen molar-refractivity contribution in [3.63, 3.8) is 0 Å². The van der Waals surface area contributed by atoms with Crippen LogP contribution in [0.5, 0.6) is 0 Å². The summed E-state index contributed by atoms with van der Waals surface area (Å²) in [6, 6.07) is 5.46. The molecule has 0 aliphatic rings. The average molecular weight is 216 g/mol. The second kappa shape index (κ2) is 4.18. The van der Waals surface area contributed by atoms with Crippen LogP contribution < -0.4 is 0 Å². The standard InChI is InChI=1S/C12H12N2O2/c1-9-3-2-5-13-11(9)8-14-6-4-10(7-14)12(15)16/h2-7H,8H2,1H3,(H,15,16). The molecule has 0 radical (unpaired) electrons. The van der Waals surface area contributed by atoms with Crippen LogP contribution in [0.25, 0.3) is 0 Å². The molecule has 0 saturated heterocycles. The number of aromatic nitrogens is 2. The lowest BCUT2D eigenvalue weighted by molar-refractivity contribution is 0.0697. The second-order valence-electron chi connectivity index (χ2n) is 3.64. The molecule has 2 aromatic rings. The van der Waals surface area contributed by atoms with E-state index in [1.165, 1.54) is 0 Å². The van der Waals surface area contributed by atoms with Crippen LogP contribution in [0, 0.1) is 6.92 Å². The van der Waals surface area contributed by atoms with E-state index in [4.69, 9.17) is 5.11 Å². The molecule has 0 aromatic carbocycles. The fourth-order valence-electron chi connectivity index (χ4n) is 1.52. The number of aryl methyl sites for hydroxylation is 1. The molecule has 0 bridgehead atoms. The summed E-state index contributed by atoms with van der Waals surface area (Å²) in [4.78, 5) is 15.0. The lowest BCUT2D eigenvalue weighted by Crippen LogP contribution is -2.01. The zero-order chi connectivity index (χ0) is 11.5. The zero-order valence-electron chi connectivity index (χ0n) is 8.92. The molecule has 2 rings (SSSR count). The third-order valence-corrected chi connectivity index (χ3v) is 2.45. The van der Waals surface area contributed by atoms with Gasteiger partial charge < -0.3 is 9.67 Å². The number of pyridine rings is 1. The van der Waals surface area contributed by atoms with Crippen molar-refractivity contribution in [2.45, 2.75) is 13.5 Å². The highest BCUT2D eigenvalue weighted by atomic mass is 16.4. The second-order valence-corrected chi connectivity index (χ2v) is 3.64. The maximum Gasteiger partial charge on any atom is 0.337 e. The molecule has 2 heterocycles. The van der Waals surface area contributed by atoms with Gasteiger partial charge in [0.15, 0.2) is 0 Å². The van der Waals surface area contributed by atoms with Gasteiger partial charge in [0.05, 0.1) is 17.8 Å². The Bertz CT molecular complexity index is 517. The molecule has 0 atom stereocenters. The molecule has 0 amide bonds. The summed E-state index contributed by atoms with van der Waals surface area (Å²) in [5.74, 6) is -0.906. The molecule has 4 heteroatoms. The lowest BCUT2D eigenvalue weighted by atomic mass is 10.2. The first-order valence-electron chi connectivity index (χ1n) is 4.96. The number of carboxylic acid groups (broad SMARTS) is 1. The van der Waals surface area contributed by atoms with E-state index in [2.05, 4.69) is 4.98 Å². The Labute approximate surface area is 93.2 Å². The minimum atomic E-state index is -0.906. The molecule has 0 fully saturated rings. The Kier molecular flexibility index (Phi) is 2.72. The summed E-state index contributed by atoms with van der Waals surface area (Å²) in [6.07, 6.45) is 5.10. The van der Waals surface area contributed by atoms with E-state index in [-0.39, 0.29) is 0 Å². The van der Waals surface area contributed by atoms with Crippen LogP contribution in [0.2, 0.25) is 0 Å². The number of nitrogens with zero attached hydrogens (tertiary/aromatic N) is 2. The summed E-state index contributed by atoms with van der Waals surface area (Å²) in [6.45, 7) is 2.59. The van der Waals surface area contributed by atoms with Crippen LogP contribution in [0.4, 0.5) is 0 Å². The molecule has 0 spiro atoms. The Morgan fingerprint density at radius 3 is 2.94 bits per heavy atom. The average Bonchev–Trinajstić information content (AvgIpc) is 2.70. The first kappa shape index (κ1) is 10.4. The van der Waals surface area contributed by atoms with Gasteiger partial charge in [0, 0.05) is 18.6 Å². The minimum absolute atomic E-state index is 0.300. The van der Waals surface area contributed by atoms with E-state index in [1.807, 2.05) is 23.6 Å². The summed E-state index contributed by atoms with van der Waals surface area (Å²) < 4.78 is 1.82. The van der Waals surface area contributed by atoms with Gasteiger partial charge in [-0.1, -0.05) is 6.07 Å². The van der Waals surface area contributed by atoms with Gasteiger partial charge in [-0.2, -0.15) is 0 Å². The van der Waals surface area contributed by atoms with Crippen molar-refractivity contribution >= 4 is 5.97 Å². The van der Waals surface area contributed by atoms with Crippen molar-refractivity contribution in [1.29, 1.82) is 0 Å². The minimum Gasteiger partial charge on any atom is -0.478 e. The van der Waals surface area contributed by atoms with Crippen LogP contribution in [0.15, 0.2) is 36.8 Å². The molecule has 4 nitrogen and oxygen atoms in total. The van der Waals surface area contributed by atoms with Gasteiger partial charge in [-0.05, 0) is 24.6 Å². The first-order chi connectivity index (χ1) is 7.66. The molecule has 0 aliphatic carbocycles. The van der Waals surface area contributed by atoms with Crippen LogP contribution in [0.1, 0.15) is 21.6 Å². The monoisotopic (exact) mass is 216 g/mol. The van der Waals surface area contributed by atoms with Gasteiger partial charge >= 0.3 is 5.97 Å². The van der Waals surface area contributed by atoms with Gasteiger partial charge in [0.25, 0.3) is 0 Å². The molecule has 1 N–H and O–H groups in total. The zero-order valence-corrected chi connectivity index (χ0v) is 8.92. The maximum absolute atomic E-state index is 10.7. The fourth-order valence-corrected chi connectivity index (χ4v) is 1.52. The van der Waals surface area contributed by atoms with Gasteiger partial charge in [-0.15, -0.1) is 0 Å². The molecule has 16 heavy (non-hydrogen) atoms. The highest BCUT2D eigenvalue weighted by Crippen LogP contribution is 2.08. The fraction of sp³-hybridized carbons (Fsp3) is 0.167. The number of hydrogen-bond donors (Lipinski definition) is 1. The number of hydrogen-bond acceptors (Lipinski definition) is 2. The van der Waals surface area contributed by atoms with E-state index >= 15 is 0 Å². The predicted molar refractivity (Wildman–Crippen MR) is 59.5 cm³/mol. The molecule has 0 aliphatic heterocycles. The molecule has 82 valence electrons. The van der Waals surface area contributed by atoms with E-state index in [0.29, 0.717) is 12.1 Å². The van der Waals surface area contributed by atoms with E-state index in [1.54, 1.807) is 24.7 Å². The van der Waals surface area contributed by atoms with Crippen LogP contribution in [-0.4, -0.2) is 20.6 Å². The van der Waals surface area contributed by atoms with E-state index in [9.17, 15) is 4.79 Å². The van der Waals surface area contributed by atoms with Crippen molar-refractivity contribution in [2.24, 2.45) is 0 Å². The molecular formula is C12H12N2O2. The van der Waals surface area contributed by atoms with Gasteiger partial charge in [0.2, 0.25) is 0 Å². The number of rotatable bonds is 3. The summed E-state index contributed by atoms with van der Waals surface area (Å²) in [5, 5.41) is 8.79. The first-order valence-corrected chi connectivity index (χ1v) is 4.96. The largest absolute Gasteiger partial charge is 0.478 e. The highest BCUT2D eigenvalue weighted by molar-refractivity contribution is 5.87. The lowest BCUT2D eigenvalue weighted by Gasteiger charge is -2.04. The maximum atomic E-state index is 10.7. The normalized spacial score (nSPS) is 10.3. The highest BCUT2D eigenvalue weighted by Gasteiger charge is 2.05.